The Bertz CT molecular complexity index is 485. The normalized spacial score (nSPS) is 10.1. The van der Waals surface area contributed by atoms with Crippen LogP contribution in [0.25, 0.3) is 0 Å². The zero-order chi connectivity index (χ0) is 11.4. The van der Waals surface area contributed by atoms with E-state index in [2.05, 4.69) is 15.3 Å². The summed E-state index contributed by atoms with van der Waals surface area (Å²) in [6.07, 6.45) is 3.64. The van der Waals surface area contributed by atoms with Gasteiger partial charge in [0.25, 0.3) is 0 Å². The van der Waals surface area contributed by atoms with Crippen molar-refractivity contribution in [2.75, 3.05) is 5.32 Å². The van der Waals surface area contributed by atoms with Crippen molar-refractivity contribution in [3.63, 3.8) is 0 Å². The van der Waals surface area contributed by atoms with Crippen LogP contribution in [0.3, 0.4) is 0 Å². The Balaban J connectivity index is 2.05. The molecule has 16 heavy (non-hydrogen) atoms. The molecule has 0 unspecified atom stereocenters. The van der Waals surface area contributed by atoms with Gasteiger partial charge in [0.2, 0.25) is 0 Å². The molecule has 0 radical (unpaired) electrons. The topological polar surface area (TPSA) is 37.8 Å². The number of aromatic nitrogens is 2. The molecule has 0 bridgehead atoms. The summed E-state index contributed by atoms with van der Waals surface area (Å²) in [4.78, 5) is 8.21. The van der Waals surface area contributed by atoms with Gasteiger partial charge in [-0.15, -0.1) is 0 Å². The molecule has 2 heterocycles. The molecule has 0 amide bonds. The highest BCUT2D eigenvalue weighted by atomic mass is 35.5. The van der Waals surface area contributed by atoms with E-state index in [1.54, 1.807) is 12.3 Å². The molecule has 0 saturated heterocycles. The molecule has 2 aromatic rings. The Morgan fingerprint density at radius 3 is 2.94 bits per heavy atom. The first-order valence-electron chi connectivity index (χ1n) is 5.01. The lowest BCUT2D eigenvalue weighted by atomic mass is 10.1. The summed E-state index contributed by atoms with van der Waals surface area (Å²) in [5, 5.41) is 3.72. The lowest BCUT2D eigenvalue weighted by Gasteiger charge is -2.07. The maximum absolute atomic E-state index is 5.80. The fraction of sp³-hybridized carbons (Fsp3) is 0.167. The average Bonchev–Trinajstić information content (AvgIpc) is 2.28. The van der Waals surface area contributed by atoms with Crippen LogP contribution in [0.4, 0.5) is 5.82 Å². The van der Waals surface area contributed by atoms with E-state index in [-0.39, 0.29) is 0 Å². The van der Waals surface area contributed by atoms with E-state index in [4.69, 9.17) is 11.6 Å². The van der Waals surface area contributed by atoms with Crippen molar-refractivity contribution in [2.24, 2.45) is 0 Å². The summed E-state index contributed by atoms with van der Waals surface area (Å²) in [5.41, 5.74) is 2.37. The van der Waals surface area contributed by atoms with Crippen LogP contribution in [-0.4, -0.2) is 9.97 Å². The number of rotatable bonds is 3. The van der Waals surface area contributed by atoms with Crippen LogP contribution in [0.1, 0.15) is 11.1 Å². The summed E-state index contributed by atoms with van der Waals surface area (Å²) in [5.74, 6) is 0.781. The van der Waals surface area contributed by atoms with E-state index in [1.807, 2.05) is 31.3 Å². The third kappa shape index (κ3) is 2.70. The highest BCUT2D eigenvalue weighted by Crippen LogP contribution is 2.11. The Kier molecular flexibility index (Phi) is 3.37. The number of hydrogen-bond donors (Lipinski definition) is 1. The zero-order valence-electron chi connectivity index (χ0n) is 8.94. The molecule has 82 valence electrons. The van der Waals surface area contributed by atoms with Gasteiger partial charge in [-0.3, -0.25) is 4.98 Å². The zero-order valence-corrected chi connectivity index (χ0v) is 9.70. The molecule has 3 nitrogen and oxygen atoms in total. The van der Waals surface area contributed by atoms with Crippen molar-refractivity contribution >= 4 is 17.4 Å². The van der Waals surface area contributed by atoms with Crippen molar-refractivity contribution in [2.45, 2.75) is 13.5 Å². The molecule has 1 N–H and O–H groups in total. The van der Waals surface area contributed by atoms with Gasteiger partial charge in [0.05, 0.1) is 0 Å². The highest BCUT2D eigenvalue weighted by Gasteiger charge is 1.98. The number of halogens is 1. The lowest BCUT2D eigenvalue weighted by Crippen LogP contribution is -2.02. The number of aryl methyl sites for hydroxylation is 1. The first kappa shape index (κ1) is 10.9. The maximum Gasteiger partial charge on any atom is 0.131 e. The van der Waals surface area contributed by atoms with Crippen LogP contribution in [0.2, 0.25) is 5.15 Å². The van der Waals surface area contributed by atoms with Crippen LogP contribution in [0, 0.1) is 6.92 Å². The van der Waals surface area contributed by atoms with Crippen LogP contribution in [-0.2, 0) is 6.54 Å². The summed E-state index contributed by atoms with van der Waals surface area (Å²) >= 11 is 5.80. The molecule has 0 saturated carbocycles. The predicted octanol–water partition coefficient (Wildman–Crippen LogP) is 3.05. The summed E-state index contributed by atoms with van der Waals surface area (Å²) in [7, 11) is 0. The second-order valence-electron chi connectivity index (χ2n) is 3.50. The largest absolute Gasteiger partial charge is 0.366 e. The average molecular weight is 234 g/mol. The fourth-order valence-corrected chi connectivity index (χ4v) is 1.56. The third-order valence-corrected chi connectivity index (χ3v) is 2.52. The van der Waals surface area contributed by atoms with Gasteiger partial charge in [-0.05, 0) is 36.2 Å². The van der Waals surface area contributed by atoms with Gasteiger partial charge >= 0.3 is 0 Å². The Morgan fingerprint density at radius 1 is 1.31 bits per heavy atom. The van der Waals surface area contributed by atoms with E-state index in [9.17, 15) is 0 Å². The Morgan fingerprint density at radius 2 is 2.19 bits per heavy atom. The maximum atomic E-state index is 5.80. The number of pyridine rings is 2. The number of anilines is 1. The van der Waals surface area contributed by atoms with Crippen molar-refractivity contribution in [3.05, 3.63) is 52.9 Å². The molecule has 0 fully saturated rings. The second kappa shape index (κ2) is 4.94. The van der Waals surface area contributed by atoms with E-state index in [1.165, 1.54) is 5.56 Å². The minimum absolute atomic E-state index is 0.497. The molecule has 0 aromatic carbocycles. The van der Waals surface area contributed by atoms with E-state index >= 15 is 0 Å². The van der Waals surface area contributed by atoms with Crippen LogP contribution >= 0.6 is 11.6 Å². The molecule has 2 rings (SSSR count). The van der Waals surface area contributed by atoms with Gasteiger partial charge in [-0.25, -0.2) is 4.98 Å². The SMILES string of the molecule is Cc1cnccc1CNc1cccc(Cl)n1. The Labute approximate surface area is 99.5 Å². The molecule has 0 atom stereocenters. The van der Waals surface area contributed by atoms with Crippen LogP contribution in [0.5, 0.6) is 0 Å². The molecule has 0 aliphatic heterocycles. The van der Waals surface area contributed by atoms with Gasteiger partial charge in [0.15, 0.2) is 0 Å². The monoisotopic (exact) mass is 233 g/mol. The van der Waals surface area contributed by atoms with Gasteiger partial charge in [0.1, 0.15) is 11.0 Å². The third-order valence-electron chi connectivity index (χ3n) is 2.31. The minimum Gasteiger partial charge on any atom is -0.366 e. The fourth-order valence-electron chi connectivity index (χ4n) is 1.39. The first-order valence-corrected chi connectivity index (χ1v) is 5.39. The smallest absolute Gasteiger partial charge is 0.131 e. The van der Waals surface area contributed by atoms with Gasteiger partial charge in [-0.1, -0.05) is 17.7 Å². The van der Waals surface area contributed by atoms with Crippen molar-refractivity contribution < 1.29 is 0 Å². The second-order valence-corrected chi connectivity index (χ2v) is 3.89. The van der Waals surface area contributed by atoms with Crippen LogP contribution < -0.4 is 5.32 Å². The van der Waals surface area contributed by atoms with Gasteiger partial charge < -0.3 is 5.32 Å². The molecule has 0 aliphatic rings. The minimum atomic E-state index is 0.497. The Hall–Kier alpha value is -1.61. The number of nitrogens with one attached hydrogen (secondary N) is 1. The van der Waals surface area contributed by atoms with Crippen LogP contribution in [0.15, 0.2) is 36.7 Å². The van der Waals surface area contributed by atoms with E-state index < -0.39 is 0 Å². The van der Waals surface area contributed by atoms with Crippen molar-refractivity contribution in [1.29, 1.82) is 0 Å². The molecule has 0 aliphatic carbocycles. The summed E-state index contributed by atoms with van der Waals surface area (Å²) in [6.45, 7) is 2.76. The quantitative estimate of drug-likeness (QED) is 0.828. The van der Waals surface area contributed by atoms with Gasteiger partial charge in [0, 0.05) is 18.9 Å². The molecular weight excluding hydrogens is 222 g/mol. The van der Waals surface area contributed by atoms with Crippen molar-refractivity contribution in [3.8, 4) is 0 Å². The highest BCUT2D eigenvalue weighted by molar-refractivity contribution is 6.29. The lowest BCUT2D eigenvalue weighted by molar-refractivity contribution is 1.07. The number of hydrogen-bond acceptors (Lipinski definition) is 3. The predicted molar refractivity (Wildman–Crippen MR) is 65.5 cm³/mol. The van der Waals surface area contributed by atoms with E-state index in [0.717, 1.165) is 17.9 Å². The summed E-state index contributed by atoms with van der Waals surface area (Å²) < 4.78 is 0. The molecular formula is C12H12ClN3. The summed E-state index contributed by atoms with van der Waals surface area (Å²) in [6, 6.07) is 7.51. The first-order chi connectivity index (χ1) is 7.75. The standard InChI is InChI=1S/C12H12ClN3/c1-9-7-14-6-5-10(9)8-15-12-4-2-3-11(13)16-12/h2-7H,8H2,1H3,(H,15,16). The molecule has 2 aromatic heterocycles. The van der Waals surface area contributed by atoms with Gasteiger partial charge in [-0.2, -0.15) is 0 Å². The molecule has 4 heteroatoms. The van der Waals surface area contributed by atoms with E-state index in [0.29, 0.717) is 5.15 Å². The van der Waals surface area contributed by atoms with Crippen molar-refractivity contribution in [1.82, 2.24) is 9.97 Å². The number of nitrogens with zero attached hydrogens (tertiary/aromatic N) is 2. The molecule has 0 spiro atoms.